The van der Waals surface area contributed by atoms with Crippen LogP contribution in [0.2, 0.25) is 0 Å². The SMILES string of the molecule is Cc1cc(C)c(C2C(=O)[C@@H]3ON(C)C(C)[C@@H]3C2=O)c(C)c1. The van der Waals surface area contributed by atoms with Crippen molar-refractivity contribution in [1.29, 1.82) is 0 Å². The molecule has 4 nitrogen and oxygen atoms in total. The van der Waals surface area contributed by atoms with E-state index in [4.69, 9.17) is 4.84 Å². The maximum Gasteiger partial charge on any atom is 0.179 e. The quantitative estimate of drug-likeness (QED) is 0.742. The number of ketones is 2. The molecule has 0 radical (unpaired) electrons. The molecule has 4 heteroatoms. The summed E-state index contributed by atoms with van der Waals surface area (Å²) in [5, 5.41) is 1.64. The minimum absolute atomic E-state index is 0.0110. The van der Waals surface area contributed by atoms with Crippen LogP contribution in [0.25, 0.3) is 0 Å². The van der Waals surface area contributed by atoms with Crippen molar-refractivity contribution in [2.45, 2.75) is 45.8 Å². The molecule has 0 N–H and O–H groups in total. The number of hydroxylamine groups is 2. The van der Waals surface area contributed by atoms with Crippen molar-refractivity contribution in [3.8, 4) is 0 Å². The number of fused-ring (bicyclic) bond motifs is 1. The number of rotatable bonds is 1. The van der Waals surface area contributed by atoms with E-state index in [-0.39, 0.29) is 23.5 Å². The van der Waals surface area contributed by atoms with E-state index in [1.165, 1.54) is 0 Å². The molecule has 0 aromatic heterocycles. The zero-order valence-electron chi connectivity index (χ0n) is 13.1. The Bertz CT molecular complexity index is 614. The molecule has 2 aliphatic rings. The second kappa shape index (κ2) is 4.75. The van der Waals surface area contributed by atoms with Crippen LogP contribution in [-0.2, 0) is 14.4 Å². The largest absolute Gasteiger partial charge is 0.298 e. The molecule has 1 aliphatic heterocycles. The first-order valence-corrected chi connectivity index (χ1v) is 7.37. The molecular formula is C17H21NO3. The summed E-state index contributed by atoms with van der Waals surface area (Å²) in [6, 6.07) is 4.02. The lowest BCUT2D eigenvalue weighted by Gasteiger charge is -2.20. The van der Waals surface area contributed by atoms with Gasteiger partial charge in [0.2, 0.25) is 0 Å². The van der Waals surface area contributed by atoms with Crippen molar-refractivity contribution in [2.75, 3.05) is 7.05 Å². The number of aryl methyl sites for hydroxylation is 3. The molecule has 0 bridgehead atoms. The van der Waals surface area contributed by atoms with Gasteiger partial charge in [0.25, 0.3) is 0 Å². The minimum Gasteiger partial charge on any atom is -0.298 e. The molecular weight excluding hydrogens is 266 g/mol. The summed E-state index contributed by atoms with van der Waals surface area (Å²) in [4.78, 5) is 31.1. The fraction of sp³-hybridized carbons (Fsp3) is 0.529. The van der Waals surface area contributed by atoms with Crippen molar-refractivity contribution in [1.82, 2.24) is 5.06 Å². The van der Waals surface area contributed by atoms with Crippen molar-refractivity contribution >= 4 is 11.6 Å². The van der Waals surface area contributed by atoms with Gasteiger partial charge in [-0.1, -0.05) is 17.7 Å². The molecule has 2 fully saturated rings. The van der Waals surface area contributed by atoms with Crippen molar-refractivity contribution < 1.29 is 14.4 Å². The molecule has 1 aromatic rings. The lowest BCUT2D eigenvalue weighted by Crippen LogP contribution is -2.31. The van der Waals surface area contributed by atoms with Crippen molar-refractivity contribution in [3.63, 3.8) is 0 Å². The molecule has 1 heterocycles. The Morgan fingerprint density at radius 1 is 1.05 bits per heavy atom. The molecule has 1 saturated carbocycles. The fourth-order valence-electron chi connectivity index (χ4n) is 3.86. The number of benzene rings is 1. The predicted octanol–water partition coefficient (Wildman–Crippen LogP) is 2.10. The molecule has 0 amide bonds. The second-order valence-corrected chi connectivity index (χ2v) is 6.39. The molecule has 1 aromatic carbocycles. The van der Waals surface area contributed by atoms with Gasteiger partial charge in [-0.25, -0.2) is 0 Å². The predicted molar refractivity (Wildman–Crippen MR) is 79.0 cm³/mol. The van der Waals surface area contributed by atoms with Crippen LogP contribution in [0.15, 0.2) is 12.1 Å². The maximum absolute atomic E-state index is 12.8. The Morgan fingerprint density at radius 3 is 2.14 bits per heavy atom. The van der Waals surface area contributed by atoms with Crippen molar-refractivity contribution in [2.24, 2.45) is 5.92 Å². The summed E-state index contributed by atoms with van der Waals surface area (Å²) in [6.07, 6.45) is -0.609. The Hall–Kier alpha value is -1.52. The van der Waals surface area contributed by atoms with E-state index < -0.39 is 12.0 Å². The number of hydrogen-bond donors (Lipinski definition) is 0. The van der Waals surface area contributed by atoms with E-state index in [1.807, 2.05) is 39.8 Å². The average Bonchev–Trinajstić information content (AvgIpc) is 2.79. The van der Waals surface area contributed by atoms with Crippen LogP contribution in [-0.4, -0.2) is 35.8 Å². The van der Waals surface area contributed by atoms with Crippen LogP contribution in [0.4, 0.5) is 0 Å². The third-order valence-electron chi connectivity index (χ3n) is 4.90. The van der Waals surface area contributed by atoms with Crippen LogP contribution in [0.3, 0.4) is 0 Å². The van der Waals surface area contributed by atoms with Gasteiger partial charge in [0, 0.05) is 13.1 Å². The van der Waals surface area contributed by atoms with Gasteiger partial charge < -0.3 is 0 Å². The summed E-state index contributed by atoms with van der Waals surface area (Å²) >= 11 is 0. The van der Waals surface area contributed by atoms with Gasteiger partial charge in [0.1, 0.15) is 12.0 Å². The normalized spacial score (nSPS) is 32.8. The van der Waals surface area contributed by atoms with Crippen LogP contribution in [0, 0.1) is 26.7 Å². The topological polar surface area (TPSA) is 46.6 Å². The van der Waals surface area contributed by atoms with E-state index >= 15 is 0 Å². The van der Waals surface area contributed by atoms with Gasteiger partial charge >= 0.3 is 0 Å². The number of nitrogens with zero attached hydrogens (tertiary/aromatic N) is 1. The summed E-state index contributed by atoms with van der Waals surface area (Å²) in [6.45, 7) is 7.91. The molecule has 112 valence electrons. The van der Waals surface area contributed by atoms with Crippen LogP contribution in [0.5, 0.6) is 0 Å². The number of carbonyl (C=O) groups is 2. The lowest BCUT2D eigenvalue weighted by molar-refractivity contribution is -0.160. The van der Waals surface area contributed by atoms with Gasteiger partial charge in [-0.05, 0) is 44.4 Å². The highest BCUT2D eigenvalue weighted by Crippen LogP contribution is 2.43. The van der Waals surface area contributed by atoms with Gasteiger partial charge in [-0.15, -0.1) is 0 Å². The van der Waals surface area contributed by atoms with E-state index in [9.17, 15) is 9.59 Å². The van der Waals surface area contributed by atoms with Crippen LogP contribution >= 0.6 is 0 Å². The molecule has 4 atom stereocenters. The monoisotopic (exact) mass is 287 g/mol. The molecule has 0 spiro atoms. The van der Waals surface area contributed by atoms with Gasteiger partial charge in [-0.3, -0.25) is 14.4 Å². The molecule has 1 saturated heterocycles. The maximum atomic E-state index is 12.8. The summed E-state index contributed by atoms with van der Waals surface area (Å²) in [5.74, 6) is -1.07. The highest BCUT2D eigenvalue weighted by molar-refractivity contribution is 6.18. The summed E-state index contributed by atoms with van der Waals surface area (Å²) in [7, 11) is 1.78. The summed E-state index contributed by atoms with van der Waals surface area (Å²) < 4.78 is 0. The Kier molecular flexibility index (Phi) is 3.26. The first-order chi connectivity index (χ1) is 9.82. The summed E-state index contributed by atoms with van der Waals surface area (Å²) in [5.41, 5.74) is 4.06. The van der Waals surface area contributed by atoms with E-state index in [0.717, 1.165) is 22.3 Å². The first kappa shape index (κ1) is 14.4. The average molecular weight is 287 g/mol. The van der Waals surface area contributed by atoms with E-state index in [1.54, 1.807) is 12.1 Å². The second-order valence-electron chi connectivity index (χ2n) is 6.39. The number of carbonyl (C=O) groups excluding carboxylic acids is 2. The Morgan fingerprint density at radius 2 is 1.62 bits per heavy atom. The molecule has 2 unspecified atom stereocenters. The van der Waals surface area contributed by atoms with E-state index in [0.29, 0.717) is 0 Å². The zero-order valence-corrected chi connectivity index (χ0v) is 13.1. The van der Waals surface area contributed by atoms with Crippen LogP contribution < -0.4 is 0 Å². The van der Waals surface area contributed by atoms with Crippen LogP contribution in [0.1, 0.15) is 35.1 Å². The lowest BCUT2D eigenvalue weighted by atomic mass is 9.86. The fourth-order valence-corrected chi connectivity index (χ4v) is 3.86. The van der Waals surface area contributed by atoms with E-state index in [2.05, 4.69) is 0 Å². The smallest absolute Gasteiger partial charge is 0.179 e. The highest BCUT2D eigenvalue weighted by atomic mass is 16.7. The third-order valence-corrected chi connectivity index (χ3v) is 4.90. The van der Waals surface area contributed by atoms with Gasteiger partial charge in [0.05, 0.1) is 5.92 Å². The molecule has 1 aliphatic carbocycles. The Balaban J connectivity index is 2.06. The van der Waals surface area contributed by atoms with Gasteiger partial charge in [0.15, 0.2) is 11.6 Å². The zero-order chi connectivity index (χ0) is 15.5. The third kappa shape index (κ3) is 1.97. The minimum atomic E-state index is -0.656. The molecule has 21 heavy (non-hydrogen) atoms. The first-order valence-electron chi connectivity index (χ1n) is 7.37. The Labute approximate surface area is 125 Å². The highest BCUT2D eigenvalue weighted by Gasteiger charge is 2.58. The molecule has 3 rings (SSSR count). The standard InChI is InChI=1S/C17H21NO3/c1-8-6-9(2)12(10(3)7-8)14-15(19)13-11(4)18(5)21-17(13)16(14)20/h6-7,11,13-14,17H,1-5H3/t11?,13-,14?,17-/m1/s1. The number of hydrogen-bond acceptors (Lipinski definition) is 4. The van der Waals surface area contributed by atoms with Gasteiger partial charge in [-0.2, -0.15) is 5.06 Å². The van der Waals surface area contributed by atoms with Crippen molar-refractivity contribution in [3.05, 3.63) is 34.4 Å². The number of Topliss-reactive ketones (excluding diaryl/α,β-unsaturated/α-hetero) is 2.